The van der Waals surface area contributed by atoms with Crippen molar-refractivity contribution in [2.75, 3.05) is 29.5 Å². The lowest BCUT2D eigenvalue weighted by atomic mass is 10.1. The third-order valence-electron chi connectivity index (χ3n) is 3.04. The van der Waals surface area contributed by atoms with Crippen LogP contribution in [0.5, 0.6) is 0 Å². The summed E-state index contributed by atoms with van der Waals surface area (Å²) in [5.74, 6) is 0.247. The molecule has 1 amide bonds. The highest BCUT2D eigenvalue weighted by atomic mass is 32.2. The number of nitrogens with two attached hydrogens (primary N) is 1. The number of nitrogens with zero attached hydrogens (tertiary/aromatic N) is 1. The third-order valence-corrected chi connectivity index (χ3v) is 4.06. The smallest absolute Gasteiger partial charge is 0.342 e. The Hall–Kier alpha value is -1.69. The minimum absolute atomic E-state index is 0.0957. The fourth-order valence-electron chi connectivity index (χ4n) is 2.13. The largest absolute Gasteiger partial charge is 0.462 e. The summed E-state index contributed by atoms with van der Waals surface area (Å²) in [7, 11) is 0. The van der Waals surface area contributed by atoms with Gasteiger partial charge < -0.3 is 15.4 Å². The number of amides is 1. The molecule has 6 heteroatoms. The van der Waals surface area contributed by atoms with Crippen LogP contribution in [0.4, 0.5) is 11.4 Å². The maximum Gasteiger partial charge on any atom is 0.342 e. The van der Waals surface area contributed by atoms with Crippen molar-refractivity contribution in [1.82, 2.24) is 0 Å². The van der Waals surface area contributed by atoms with Gasteiger partial charge in [-0.15, -0.1) is 11.8 Å². The second-order valence-corrected chi connectivity index (χ2v) is 5.67. The Balaban J connectivity index is 2.50. The number of ether oxygens (including phenoxy) is 1. The monoisotopic (exact) mass is 294 g/mol. The van der Waals surface area contributed by atoms with E-state index in [0.717, 1.165) is 17.1 Å². The molecular weight excluding hydrogens is 276 g/mol. The van der Waals surface area contributed by atoms with Crippen LogP contribution in [0.1, 0.15) is 30.6 Å². The molecule has 1 aliphatic heterocycles. The van der Waals surface area contributed by atoms with Crippen LogP contribution in [0.2, 0.25) is 0 Å². The Morgan fingerprint density at radius 2 is 2.20 bits per heavy atom. The van der Waals surface area contributed by atoms with Crippen molar-refractivity contribution in [2.24, 2.45) is 0 Å². The first-order valence-electron chi connectivity index (χ1n) is 6.56. The lowest BCUT2D eigenvalue weighted by molar-refractivity contribution is -0.116. The minimum Gasteiger partial charge on any atom is -0.462 e. The van der Waals surface area contributed by atoms with E-state index in [0.29, 0.717) is 30.1 Å². The molecule has 1 aromatic carbocycles. The van der Waals surface area contributed by atoms with Gasteiger partial charge in [-0.25, -0.2) is 4.79 Å². The van der Waals surface area contributed by atoms with Gasteiger partial charge in [0.1, 0.15) is 5.56 Å². The first kappa shape index (κ1) is 14.7. The highest BCUT2D eigenvalue weighted by molar-refractivity contribution is 7.99. The van der Waals surface area contributed by atoms with Crippen LogP contribution in [0, 0.1) is 0 Å². The average molecular weight is 294 g/mol. The van der Waals surface area contributed by atoms with Crippen LogP contribution < -0.4 is 10.6 Å². The number of carbonyl (C=O) groups excluding carboxylic acids is 2. The van der Waals surface area contributed by atoms with E-state index in [1.165, 1.54) is 6.92 Å². The summed E-state index contributed by atoms with van der Waals surface area (Å²) in [6, 6.07) is 3.54. The van der Waals surface area contributed by atoms with E-state index in [2.05, 4.69) is 0 Å². The van der Waals surface area contributed by atoms with E-state index >= 15 is 0 Å². The van der Waals surface area contributed by atoms with Gasteiger partial charge in [0.05, 0.1) is 12.3 Å². The van der Waals surface area contributed by atoms with E-state index < -0.39 is 5.97 Å². The van der Waals surface area contributed by atoms with Gasteiger partial charge >= 0.3 is 5.97 Å². The van der Waals surface area contributed by atoms with Crippen molar-refractivity contribution in [2.45, 2.75) is 25.2 Å². The topological polar surface area (TPSA) is 72.6 Å². The van der Waals surface area contributed by atoms with Crippen molar-refractivity contribution in [3.63, 3.8) is 0 Å². The summed E-state index contributed by atoms with van der Waals surface area (Å²) in [6.45, 7) is 4.33. The standard InChI is InChI=1S/C14H18N2O3S/c1-3-7-19-14(18)12-10(15)4-5-11-13(12)16(9(2)17)6-8-20-11/h4-5H,3,6-8,15H2,1-2H3. The molecule has 0 saturated heterocycles. The van der Waals surface area contributed by atoms with Crippen LogP contribution in [-0.2, 0) is 9.53 Å². The summed E-state index contributed by atoms with van der Waals surface area (Å²) in [4.78, 5) is 26.5. The van der Waals surface area contributed by atoms with Gasteiger partial charge in [0.15, 0.2) is 0 Å². The van der Waals surface area contributed by atoms with Crippen molar-refractivity contribution in [3.05, 3.63) is 17.7 Å². The zero-order valence-electron chi connectivity index (χ0n) is 11.6. The van der Waals surface area contributed by atoms with Crippen molar-refractivity contribution >= 4 is 35.0 Å². The quantitative estimate of drug-likeness (QED) is 0.684. The Morgan fingerprint density at radius 1 is 1.45 bits per heavy atom. The summed E-state index contributed by atoms with van der Waals surface area (Å²) in [6.07, 6.45) is 0.742. The van der Waals surface area contributed by atoms with Crippen LogP contribution in [0.3, 0.4) is 0 Å². The van der Waals surface area contributed by atoms with Crippen LogP contribution in [-0.4, -0.2) is 30.8 Å². The van der Waals surface area contributed by atoms with E-state index in [9.17, 15) is 9.59 Å². The highest BCUT2D eigenvalue weighted by Gasteiger charge is 2.28. The summed E-state index contributed by atoms with van der Waals surface area (Å²) in [5, 5.41) is 0. The second-order valence-electron chi connectivity index (χ2n) is 4.53. The molecule has 108 valence electrons. The van der Waals surface area contributed by atoms with Crippen molar-refractivity contribution in [1.29, 1.82) is 0 Å². The number of carbonyl (C=O) groups is 2. The molecule has 0 unspecified atom stereocenters. The molecule has 0 bridgehead atoms. The number of hydrogen-bond acceptors (Lipinski definition) is 5. The van der Waals surface area contributed by atoms with Crippen molar-refractivity contribution < 1.29 is 14.3 Å². The molecule has 5 nitrogen and oxygen atoms in total. The zero-order chi connectivity index (χ0) is 14.7. The molecule has 2 rings (SSSR count). The number of fused-ring (bicyclic) bond motifs is 1. The first-order valence-corrected chi connectivity index (χ1v) is 7.55. The fraction of sp³-hybridized carbons (Fsp3) is 0.429. The summed E-state index contributed by atoms with van der Waals surface area (Å²) in [5.41, 5.74) is 7.17. The van der Waals surface area contributed by atoms with Gasteiger partial charge in [0.25, 0.3) is 0 Å². The van der Waals surface area contributed by atoms with Gasteiger partial charge in [-0.2, -0.15) is 0 Å². The molecule has 0 fully saturated rings. The van der Waals surface area contributed by atoms with Gasteiger partial charge in [-0.3, -0.25) is 4.79 Å². The van der Waals surface area contributed by atoms with Gasteiger partial charge in [-0.1, -0.05) is 6.92 Å². The number of anilines is 2. The zero-order valence-corrected chi connectivity index (χ0v) is 12.5. The molecule has 0 atom stereocenters. The predicted molar refractivity (Wildman–Crippen MR) is 80.2 cm³/mol. The first-order chi connectivity index (χ1) is 9.56. The van der Waals surface area contributed by atoms with Crippen molar-refractivity contribution in [3.8, 4) is 0 Å². The van der Waals surface area contributed by atoms with E-state index in [1.807, 2.05) is 13.0 Å². The normalized spacial score (nSPS) is 13.8. The molecule has 1 heterocycles. The molecule has 1 aromatic rings. The third kappa shape index (κ3) is 2.75. The number of thioether (sulfide) groups is 1. The molecule has 0 aliphatic carbocycles. The molecule has 0 saturated carbocycles. The average Bonchev–Trinajstić information content (AvgIpc) is 2.43. The van der Waals surface area contributed by atoms with E-state index in [1.54, 1.807) is 22.7 Å². The van der Waals surface area contributed by atoms with E-state index in [4.69, 9.17) is 10.5 Å². The number of rotatable bonds is 3. The molecule has 2 N–H and O–H groups in total. The van der Waals surface area contributed by atoms with Crippen LogP contribution in [0.15, 0.2) is 17.0 Å². The molecule has 0 aromatic heterocycles. The maximum absolute atomic E-state index is 12.2. The maximum atomic E-state index is 12.2. The summed E-state index contributed by atoms with van der Waals surface area (Å²) < 4.78 is 5.19. The number of esters is 1. The Bertz CT molecular complexity index is 545. The number of hydrogen-bond donors (Lipinski definition) is 1. The summed E-state index contributed by atoms with van der Waals surface area (Å²) >= 11 is 1.62. The Labute approximate surface area is 122 Å². The van der Waals surface area contributed by atoms with Gasteiger partial charge in [-0.05, 0) is 18.6 Å². The van der Waals surface area contributed by atoms with Crippen LogP contribution in [0.25, 0.3) is 0 Å². The van der Waals surface area contributed by atoms with E-state index in [-0.39, 0.29) is 5.91 Å². The number of nitrogen functional groups attached to an aromatic ring is 1. The lowest BCUT2D eigenvalue weighted by Crippen LogP contribution is -2.35. The Kier molecular flexibility index (Phi) is 4.54. The lowest BCUT2D eigenvalue weighted by Gasteiger charge is -2.30. The Morgan fingerprint density at radius 3 is 2.85 bits per heavy atom. The molecular formula is C14H18N2O3S. The van der Waals surface area contributed by atoms with Gasteiger partial charge in [0, 0.05) is 29.8 Å². The van der Waals surface area contributed by atoms with Gasteiger partial charge in [0.2, 0.25) is 5.91 Å². The molecule has 0 spiro atoms. The van der Waals surface area contributed by atoms with Crippen LogP contribution >= 0.6 is 11.8 Å². The SMILES string of the molecule is CCCOC(=O)c1c(N)ccc2c1N(C(C)=O)CCS2. The highest BCUT2D eigenvalue weighted by Crippen LogP contribution is 2.40. The fourth-order valence-corrected chi connectivity index (χ4v) is 3.13. The predicted octanol–water partition coefficient (Wildman–Crippen LogP) is 2.29. The molecule has 0 radical (unpaired) electrons. The molecule has 20 heavy (non-hydrogen) atoms. The number of benzene rings is 1. The second kappa shape index (κ2) is 6.17. The molecule has 1 aliphatic rings. The minimum atomic E-state index is -0.463.